The molecule has 0 aliphatic carbocycles. The fourth-order valence-corrected chi connectivity index (χ4v) is 2.11. The molecule has 0 saturated carbocycles. The average Bonchev–Trinajstić information content (AvgIpc) is 3.11. The third kappa shape index (κ3) is 1.43. The van der Waals surface area contributed by atoms with Crippen LogP contribution in [0.25, 0.3) is 22.1 Å². The Hall–Kier alpha value is -3.09. The number of fused-ring (bicyclic) bond motifs is 2. The highest BCUT2D eigenvalue weighted by molar-refractivity contribution is 5.93. The van der Waals surface area contributed by atoms with Crippen LogP contribution in [0.4, 0.5) is 4.79 Å². The van der Waals surface area contributed by atoms with E-state index < -0.39 is 6.03 Å². The van der Waals surface area contributed by atoms with Gasteiger partial charge in [-0.2, -0.15) is 9.36 Å². The minimum absolute atomic E-state index is 0.410. The zero-order valence-corrected chi connectivity index (χ0v) is 10.2. The Kier molecular flexibility index (Phi) is 2.13. The van der Waals surface area contributed by atoms with Gasteiger partial charge in [-0.05, 0) is 24.3 Å². The third-order valence-corrected chi connectivity index (χ3v) is 3.07. The van der Waals surface area contributed by atoms with Crippen molar-refractivity contribution in [2.24, 2.45) is 0 Å². The molecule has 7 nitrogen and oxygen atoms in total. The Labute approximate surface area is 112 Å². The van der Waals surface area contributed by atoms with Crippen molar-refractivity contribution in [1.82, 2.24) is 30.0 Å². The number of carbonyl (C=O) groups excluding carboxylic acids is 1. The molecule has 7 heteroatoms. The van der Waals surface area contributed by atoms with Gasteiger partial charge in [0, 0.05) is 0 Å². The van der Waals surface area contributed by atoms with E-state index >= 15 is 0 Å². The number of benzene rings is 2. The van der Waals surface area contributed by atoms with Crippen molar-refractivity contribution >= 4 is 28.1 Å². The molecule has 0 radical (unpaired) electrons. The van der Waals surface area contributed by atoms with Gasteiger partial charge in [0.2, 0.25) is 0 Å². The van der Waals surface area contributed by atoms with E-state index in [1.54, 1.807) is 24.3 Å². The van der Waals surface area contributed by atoms with E-state index in [1.165, 1.54) is 9.36 Å². The maximum Gasteiger partial charge on any atom is 0.373 e. The largest absolute Gasteiger partial charge is 0.373 e. The standard InChI is InChI=1S/C13H8N6O/c20-13(18-11-7-3-1-5-9(11)14-16-18)19-12-8-4-2-6-10(12)15-17-19/h1-8H. The molecule has 0 spiro atoms. The summed E-state index contributed by atoms with van der Waals surface area (Å²) in [7, 11) is 0. The summed E-state index contributed by atoms with van der Waals surface area (Å²) in [5, 5.41) is 15.7. The normalized spacial score (nSPS) is 11.2. The lowest BCUT2D eigenvalue weighted by atomic mass is 10.3. The first-order valence-electron chi connectivity index (χ1n) is 6.00. The third-order valence-electron chi connectivity index (χ3n) is 3.07. The molecule has 0 saturated heterocycles. The minimum Gasteiger partial charge on any atom is -0.243 e. The predicted octanol–water partition coefficient (Wildman–Crippen LogP) is 1.69. The summed E-state index contributed by atoms with van der Waals surface area (Å²) in [6, 6.07) is 14.1. The van der Waals surface area contributed by atoms with Crippen molar-refractivity contribution in [3.05, 3.63) is 48.5 Å². The molecule has 0 atom stereocenters. The molecule has 4 aromatic rings. The molecule has 2 heterocycles. The van der Waals surface area contributed by atoms with Crippen LogP contribution in [0, 0.1) is 0 Å². The van der Waals surface area contributed by atoms with Gasteiger partial charge in [0.05, 0.1) is 11.0 Å². The Morgan fingerprint density at radius 2 is 1.20 bits per heavy atom. The van der Waals surface area contributed by atoms with Crippen molar-refractivity contribution in [3.8, 4) is 0 Å². The van der Waals surface area contributed by atoms with Crippen LogP contribution in [0.1, 0.15) is 0 Å². The number of aromatic nitrogens is 6. The molecule has 2 aromatic heterocycles. The molecule has 2 aromatic carbocycles. The molecule has 0 N–H and O–H groups in total. The summed E-state index contributed by atoms with van der Waals surface area (Å²) in [6.07, 6.45) is 0. The van der Waals surface area contributed by atoms with E-state index in [9.17, 15) is 4.79 Å². The molecule has 0 unspecified atom stereocenters. The average molecular weight is 264 g/mol. The molecule has 4 rings (SSSR count). The van der Waals surface area contributed by atoms with Crippen LogP contribution in [0.15, 0.2) is 48.5 Å². The van der Waals surface area contributed by atoms with Crippen molar-refractivity contribution in [3.63, 3.8) is 0 Å². The molecule has 0 aliphatic heterocycles. The number of nitrogens with zero attached hydrogens (tertiary/aromatic N) is 6. The van der Waals surface area contributed by atoms with Crippen LogP contribution in [0.5, 0.6) is 0 Å². The molecule has 96 valence electrons. The van der Waals surface area contributed by atoms with E-state index in [2.05, 4.69) is 20.6 Å². The monoisotopic (exact) mass is 264 g/mol. The summed E-state index contributed by atoms with van der Waals surface area (Å²) < 4.78 is 2.44. The fourth-order valence-electron chi connectivity index (χ4n) is 2.11. The zero-order chi connectivity index (χ0) is 13.5. The van der Waals surface area contributed by atoms with Crippen LogP contribution >= 0.6 is 0 Å². The number of carbonyl (C=O) groups is 1. The van der Waals surface area contributed by atoms with E-state index in [4.69, 9.17) is 0 Å². The van der Waals surface area contributed by atoms with Crippen LogP contribution < -0.4 is 0 Å². The first kappa shape index (κ1) is 10.8. The predicted molar refractivity (Wildman–Crippen MR) is 71.2 cm³/mol. The van der Waals surface area contributed by atoms with Crippen molar-refractivity contribution in [2.75, 3.05) is 0 Å². The Morgan fingerprint density at radius 1 is 0.750 bits per heavy atom. The highest BCUT2D eigenvalue weighted by Gasteiger charge is 2.17. The van der Waals surface area contributed by atoms with Gasteiger partial charge in [0.25, 0.3) is 0 Å². The fraction of sp³-hybridized carbons (Fsp3) is 0. The molecule has 0 fully saturated rings. The van der Waals surface area contributed by atoms with Gasteiger partial charge in [-0.3, -0.25) is 0 Å². The van der Waals surface area contributed by atoms with Gasteiger partial charge >= 0.3 is 6.03 Å². The number of rotatable bonds is 0. The minimum atomic E-state index is -0.410. The summed E-state index contributed by atoms with van der Waals surface area (Å²) >= 11 is 0. The van der Waals surface area contributed by atoms with Gasteiger partial charge in [0.1, 0.15) is 11.0 Å². The van der Waals surface area contributed by atoms with Crippen molar-refractivity contribution < 1.29 is 4.79 Å². The topological polar surface area (TPSA) is 78.5 Å². The quantitative estimate of drug-likeness (QED) is 0.483. The lowest BCUT2D eigenvalue weighted by molar-refractivity contribution is 0.239. The SMILES string of the molecule is O=C(n1nnc2ccccc21)n1nnc2ccccc21. The maximum atomic E-state index is 12.5. The van der Waals surface area contributed by atoms with Crippen LogP contribution in [0.3, 0.4) is 0 Å². The van der Waals surface area contributed by atoms with Gasteiger partial charge in [0.15, 0.2) is 0 Å². The van der Waals surface area contributed by atoms with Gasteiger partial charge in [-0.1, -0.05) is 34.7 Å². The Balaban J connectivity index is 1.92. The van der Waals surface area contributed by atoms with E-state index in [0.29, 0.717) is 22.1 Å². The van der Waals surface area contributed by atoms with E-state index in [1.807, 2.05) is 24.3 Å². The smallest absolute Gasteiger partial charge is 0.243 e. The number of hydrogen-bond acceptors (Lipinski definition) is 5. The highest BCUT2D eigenvalue weighted by atomic mass is 16.2. The summed E-state index contributed by atoms with van der Waals surface area (Å²) in [6.45, 7) is 0. The number of hydrogen-bond donors (Lipinski definition) is 0. The lowest BCUT2D eigenvalue weighted by Crippen LogP contribution is -2.21. The van der Waals surface area contributed by atoms with Gasteiger partial charge in [-0.25, -0.2) is 4.79 Å². The Morgan fingerprint density at radius 3 is 1.70 bits per heavy atom. The maximum absolute atomic E-state index is 12.5. The lowest BCUT2D eigenvalue weighted by Gasteiger charge is -2.00. The van der Waals surface area contributed by atoms with Gasteiger partial charge < -0.3 is 0 Å². The second-order valence-corrected chi connectivity index (χ2v) is 4.26. The molecular formula is C13H8N6O. The first-order valence-corrected chi connectivity index (χ1v) is 6.00. The summed E-state index contributed by atoms with van der Waals surface area (Å²) in [5.74, 6) is 0. The van der Waals surface area contributed by atoms with Crippen LogP contribution in [-0.4, -0.2) is 36.0 Å². The van der Waals surface area contributed by atoms with E-state index in [-0.39, 0.29) is 0 Å². The first-order chi connectivity index (χ1) is 9.84. The Bertz CT molecular complexity index is 862. The van der Waals surface area contributed by atoms with Crippen molar-refractivity contribution in [2.45, 2.75) is 0 Å². The summed E-state index contributed by atoms with van der Waals surface area (Å²) in [4.78, 5) is 12.5. The van der Waals surface area contributed by atoms with Crippen LogP contribution in [0.2, 0.25) is 0 Å². The zero-order valence-electron chi connectivity index (χ0n) is 10.2. The molecule has 0 bridgehead atoms. The second-order valence-electron chi connectivity index (χ2n) is 4.26. The van der Waals surface area contributed by atoms with Gasteiger partial charge in [-0.15, -0.1) is 10.2 Å². The molecule has 0 aliphatic rings. The second kappa shape index (κ2) is 3.95. The molecule has 0 amide bonds. The molecular weight excluding hydrogens is 256 g/mol. The van der Waals surface area contributed by atoms with Crippen molar-refractivity contribution in [1.29, 1.82) is 0 Å². The number of para-hydroxylation sites is 2. The van der Waals surface area contributed by atoms with E-state index in [0.717, 1.165) is 0 Å². The highest BCUT2D eigenvalue weighted by Crippen LogP contribution is 2.13. The van der Waals surface area contributed by atoms with Crippen LogP contribution in [-0.2, 0) is 0 Å². The summed E-state index contributed by atoms with van der Waals surface area (Å²) in [5.41, 5.74) is 2.59. The molecule has 20 heavy (non-hydrogen) atoms.